The molecule has 0 aromatic heterocycles. The summed E-state index contributed by atoms with van der Waals surface area (Å²) in [7, 11) is 0. The highest BCUT2D eigenvalue weighted by Gasteiger charge is 2.05. The normalized spacial score (nSPS) is 10.1. The largest absolute Gasteiger partial charge is 0.465 e. The van der Waals surface area contributed by atoms with Crippen molar-refractivity contribution in [3.8, 4) is 0 Å². The minimum absolute atomic E-state index is 0.0554. The van der Waals surface area contributed by atoms with Crippen molar-refractivity contribution in [3.63, 3.8) is 0 Å². The Morgan fingerprint density at radius 2 is 1.38 bits per heavy atom. The zero-order valence-corrected chi connectivity index (χ0v) is 8.85. The van der Waals surface area contributed by atoms with Crippen LogP contribution in [0.2, 0.25) is 0 Å². The van der Waals surface area contributed by atoms with Gasteiger partial charge in [-0.1, -0.05) is 0 Å². The van der Waals surface area contributed by atoms with Gasteiger partial charge in [-0.05, 0) is 0 Å². The Kier molecular flexibility index (Phi) is 7.90. The third kappa shape index (κ3) is 9.03. The summed E-state index contributed by atoms with van der Waals surface area (Å²) in [6.07, 6.45) is -2.21. The smallest absolute Gasteiger partial charge is 0.404 e. The molecule has 8 nitrogen and oxygen atoms in total. The molecule has 0 heterocycles. The molecule has 2 amide bonds. The predicted molar refractivity (Wildman–Crippen MR) is 55.6 cm³/mol. The van der Waals surface area contributed by atoms with Crippen LogP contribution in [0.3, 0.4) is 0 Å². The van der Waals surface area contributed by atoms with E-state index in [4.69, 9.17) is 15.3 Å². The van der Waals surface area contributed by atoms with Crippen LogP contribution in [0.4, 0.5) is 9.59 Å². The second-order valence-corrected chi connectivity index (χ2v) is 3.03. The van der Waals surface area contributed by atoms with Crippen molar-refractivity contribution in [2.75, 3.05) is 39.3 Å². The Morgan fingerprint density at radius 1 is 0.938 bits per heavy atom. The zero-order valence-electron chi connectivity index (χ0n) is 8.85. The maximum Gasteiger partial charge on any atom is 0.404 e. The molecule has 8 heteroatoms. The summed E-state index contributed by atoms with van der Waals surface area (Å²) in [5.74, 6) is 0. The van der Waals surface area contributed by atoms with Crippen molar-refractivity contribution in [1.82, 2.24) is 15.5 Å². The predicted octanol–water partition coefficient (Wildman–Crippen LogP) is -1.18. The number of rotatable bonds is 8. The molecule has 0 aliphatic heterocycles. The van der Waals surface area contributed by atoms with E-state index < -0.39 is 12.2 Å². The molecule has 0 radical (unpaired) electrons. The van der Waals surface area contributed by atoms with Gasteiger partial charge < -0.3 is 26.0 Å². The van der Waals surface area contributed by atoms with Crippen molar-refractivity contribution >= 4 is 12.2 Å². The lowest BCUT2D eigenvalue weighted by atomic mass is 10.4. The van der Waals surface area contributed by atoms with Crippen molar-refractivity contribution in [2.45, 2.75) is 0 Å². The molecule has 0 bridgehead atoms. The van der Waals surface area contributed by atoms with Crippen LogP contribution in [0.1, 0.15) is 0 Å². The highest BCUT2D eigenvalue weighted by molar-refractivity contribution is 5.64. The van der Waals surface area contributed by atoms with Gasteiger partial charge in [-0.25, -0.2) is 9.59 Å². The summed E-state index contributed by atoms with van der Waals surface area (Å²) < 4.78 is 0. The maximum atomic E-state index is 10.2. The lowest BCUT2D eigenvalue weighted by molar-refractivity contribution is 0.178. The van der Waals surface area contributed by atoms with Crippen LogP contribution in [0, 0.1) is 0 Å². The van der Waals surface area contributed by atoms with Crippen LogP contribution >= 0.6 is 0 Å². The summed E-state index contributed by atoms with van der Waals surface area (Å²) >= 11 is 0. The van der Waals surface area contributed by atoms with Crippen LogP contribution in [-0.4, -0.2) is 71.7 Å². The first-order chi connectivity index (χ1) is 7.56. The number of amides is 2. The lowest BCUT2D eigenvalue weighted by Gasteiger charge is -2.20. The first-order valence-electron chi connectivity index (χ1n) is 4.83. The SMILES string of the molecule is O=C(O)NCCN(CCO)CCNC(=O)O. The minimum Gasteiger partial charge on any atom is -0.465 e. The van der Waals surface area contributed by atoms with E-state index in [1.165, 1.54) is 0 Å². The third-order valence-electron chi connectivity index (χ3n) is 1.82. The van der Waals surface area contributed by atoms with Crippen LogP contribution in [0.25, 0.3) is 0 Å². The van der Waals surface area contributed by atoms with E-state index in [0.29, 0.717) is 19.6 Å². The van der Waals surface area contributed by atoms with E-state index in [2.05, 4.69) is 10.6 Å². The summed E-state index contributed by atoms with van der Waals surface area (Å²) in [5.41, 5.74) is 0. The maximum absolute atomic E-state index is 10.2. The van der Waals surface area contributed by atoms with E-state index in [9.17, 15) is 9.59 Å². The van der Waals surface area contributed by atoms with Gasteiger partial charge >= 0.3 is 12.2 Å². The molecular formula is C8H17N3O5. The van der Waals surface area contributed by atoms with Gasteiger partial charge in [0, 0.05) is 32.7 Å². The fraction of sp³-hybridized carbons (Fsp3) is 0.750. The Hall–Kier alpha value is -1.54. The quantitative estimate of drug-likeness (QED) is 0.361. The third-order valence-corrected chi connectivity index (χ3v) is 1.82. The van der Waals surface area contributed by atoms with Gasteiger partial charge in [0.05, 0.1) is 6.61 Å². The number of nitrogens with zero attached hydrogens (tertiary/aromatic N) is 1. The number of hydrogen-bond donors (Lipinski definition) is 5. The number of aliphatic hydroxyl groups is 1. The lowest BCUT2D eigenvalue weighted by Crippen LogP contribution is -2.40. The number of carboxylic acid groups (broad SMARTS) is 2. The summed E-state index contributed by atoms with van der Waals surface area (Å²) in [6, 6.07) is 0. The second-order valence-electron chi connectivity index (χ2n) is 3.03. The molecule has 0 atom stereocenters. The van der Waals surface area contributed by atoms with Crippen LogP contribution in [-0.2, 0) is 0 Å². The van der Waals surface area contributed by atoms with E-state index in [1.807, 2.05) is 0 Å². The van der Waals surface area contributed by atoms with Gasteiger partial charge in [-0.2, -0.15) is 0 Å². The van der Waals surface area contributed by atoms with Crippen LogP contribution in [0.15, 0.2) is 0 Å². The monoisotopic (exact) mass is 235 g/mol. The first-order valence-corrected chi connectivity index (χ1v) is 4.83. The first kappa shape index (κ1) is 14.5. The molecule has 0 aliphatic carbocycles. The summed E-state index contributed by atoms with van der Waals surface area (Å²) in [4.78, 5) is 22.1. The molecule has 0 aromatic rings. The van der Waals surface area contributed by atoms with Gasteiger partial charge in [0.15, 0.2) is 0 Å². The highest BCUT2D eigenvalue weighted by atomic mass is 16.4. The highest BCUT2D eigenvalue weighted by Crippen LogP contribution is 1.85. The Bertz CT molecular complexity index is 204. The molecule has 0 rings (SSSR count). The second kappa shape index (κ2) is 8.74. The molecule has 0 spiro atoms. The average molecular weight is 235 g/mol. The minimum atomic E-state index is -1.10. The molecule has 0 saturated carbocycles. The van der Waals surface area contributed by atoms with Crippen molar-refractivity contribution < 1.29 is 24.9 Å². The topological polar surface area (TPSA) is 122 Å². The number of nitrogens with one attached hydrogen (secondary N) is 2. The summed E-state index contributed by atoms with van der Waals surface area (Å²) in [6.45, 7) is 1.65. The molecule has 0 aromatic carbocycles. The van der Waals surface area contributed by atoms with E-state index in [1.54, 1.807) is 4.90 Å². The molecular weight excluding hydrogens is 218 g/mol. The van der Waals surface area contributed by atoms with Crippen LogP contribution in [0.5, 0.6) is 0 Å². The van der Waals surface area contributed by atoms with E-state index in [0.717, 1.165) is 0 Å². The Balaban J connectivity index is 3.69. The van der Waals surface area contributed by atoms with Gasteiger partial charge in [-0.15, -0.1) is 0 Å². The molecule has 94 valence electrons. The molecule has 0 saturated heterocycles. The van der Waals surface area contributed by atoms with Gasteiger partial charge in [-0.3, -0.25) is 4.90 Å². The Morgan fingerprint density at radius 3 is 1.69 bits per heavy atom. The van der Waals surface area contributed by atoms with Gasteiger partial charge in [0.1, 0.15) is 0 Å². The average Bonchev–Trinajstić information content (AvgIpc) is 2.16. The number of hydrogen-bond acceptors (Lipinski definition) is 4. The number of aliphatic hydroxyl groups excluding tert-OH is 1. The molecule has 0 fully saturated rings. The zero-order chi connectivity index (χ0) is 12.4. The van der Waals surface area contributed by atoms with Gasteiger partial charge in [0.25, 0.3) is 0 Å². The van der Waals surface area contributed by atoms with E-state index in [-0.39, 0.29) is 19.7 Å². The number of carbonyl (C=O) groups is 2. The molecule has 0 unspecified atom stereocenters. The molecule has 5 N–H and O–H groups in total. The van der Waals surface area contributed by atoms with Crippen molar-refractivity contribution in [2.24, 2.45) is 0 Å². The van der Waals surface area contributed by atoms with Crippen molar-refractivity contribution in [3.05, 3.63) is 0 Å². The molecule has 16 heavy (non-hydrogen) atoms. The van der Waals surface area contributed by atoms with E-state index >= 15 is 0 Å². The fourth-order valence-electron chi connectivity index (χ4n) is 1.12. The standard InChI is InChI=1S/C8H17N3O5/c12-6-5-11(3-1-9-7(13)14)4-2-10-8(15)16/h9-10,12H,1-6H2,(H,13,14)(H,15,16). The fourth-order valence-corrected chi connectivity index (χ4v) is 1.12. The van der Waals surface area contributed by atoms with Crippen molar-refractivity contribution in [1.29, 1.82) is 0 Å². The van der Waals surface area contributed by atoms with Gasteiger partial charge in [0.2, 0.25) is 0 Å². The summed E-state index contributed by atoms with van der Waals surface area (Å²) in [5, 5.41) is 29.8. The van der Waals surface area contributed by atoms with Crippen LogP contribution < -0.4 is 10.6 Å². The molecule has 0 aliphatic rings. The Labute approximate surface area is 92.9 Å².